The molecule has 2 amide bonds. The first kappa shape index (κ1) is 15.2. The van der Waals surface area contributed by atoms with Gasteiger partial charge in [0.15, 0.2) is 0 Å². The van der Waals surface area contributed by atoms with Gasteiger partial charge in [0, 0.05) is 51.4 Å². The molecule has 0 bridgehead atoms. The van der Waals surface area contributed by atoms with Crippen molar-refractivity contribution >= 4 is 17.8 Å². The van der Waals surface area contributed by atoms with Crippen LogP contribution < -0.4 is 10.6 Å². The number of anilines is 1. The van der Waals surface area contributed by atoms with Crippen LogP contribution in [-0.4, -0.2) is 52.9 Å². The summed E-state index contributed by atoms with van der Waals surface area (Å²) in [4.78, 5) is 33.1. The molecule has 7 nitrogen and oxygen atoms in total. The molecule has 1 fully saturated rings. The molecule has 7 heteroatoms. The summed E-state index contributed by atoms with van der Waals surface area (Å²) in [5, 5.41) is 5.94. The fourth-order valence-corrected chi connectivity index (χ4v) is 2.35. The molecule has 0 radical (unpaired) electrons. The van der Waals surface area contributed by atoms with E-state index in [4.69, 9.17) is 0 Å². The summed E-state index contributed by atoms with van der Waals surface area (Å²) in [6.07, 6.45) is 4.80. The Bertz CT molecular complexity index is 472. The highest BCUT2D eigenvalue weighted by Gasteiger charge is 2.25. The highest BCUT2D eigenvalue weighted by molar-refractivity contribution is 5.79. The lowest BCUT2D eigenvalue weighted by atomic mass is 9.96. The van der Waals surface area contributed by atoms with E-state index < -0.39 is 0 Å². The molecule has 0 saturated carbocycles. The quantitative estimate of drug-likeness (QED) is 0.760. The molecule has 0 aliphatic carbocycles. The summed E-state index contributed by atoms with van der Waals surface area (Å²) in [6, 6.07) is 1.75. The number of amides is 2. The fraction of sp³-hybridized carbons (Fsp3) is 0.571. The molecule has 1 aliphatic rings. The van der Waals surface area contributed by atoms with Gasteiger partial charge in [-0.05, 0) is 18.9 Å². The van der Waals surface area contributed by atoms with Crippen LogP contribution in [0.5, 0.6) is 0 Å². The number of likely N-dealkylation sites (tertiary alicyclic amines) is 1. The summed E-state index contributed by atoms with van der Waals surface area (Å²) in [6.45, 7) is 4.02. The van der Waals surface area contributed by atoms with Gasteiger partial charge < -0.3 is 15.5 Å². The van der Waals surface area contributed by atoms with Crippen molar-refractivity contribution in [2.45, 2.75) is 19.8 Å². The van der Waals surface area contributed by atoms with E-state index in [0.29, 0.717) is 32.1 Å². The predicted molar refractivity (Wildman–Crippen MR) is 78.5 cm³/mol. The van der Waals surface area contributed by atoms with E-state index >= 15 is 0 Å². The van der Waals surface area contributed by atoms with E-state index in [1.54, 1.807) is 30.3 Å². The number of hydrogen-bond donors (Lipinski definition) is 2. The first-order valence-corrected chi connectivity index (χ1v) is 7.21. The van der Waals surface area contributed by atoms with Crippen molar-refractivity contribution in [2.75, 3.05) is 31.5 Å². The average molecular weight is 291 g/mol. The smallest absolute Gasteiger partial charge is 0.223 e. The maximum Gasteiger partial charge on any atom is 0.223 e. The van der Waals surface area contributed by atoms with Gasteiger partial charge in [-0.3, -0.25) is 9.59 Å². The average Bonchev–Trinajstić information content (AvgIpc) is 2.52. The van der Waals surface area contributed by atoms with Crippen LogP contribution in [0.25, 0.3) is 0 Å². The van der Waals surface area contributed by atoms with Gasteiger partial charge in [-0.2, -0.15) is 0 Å². The number of nitrogens with zero attached hydrogens (tertiary/aromatic N) is 3. The normalized spacial score (nSPS) is 15.6. The van der Waals surface area contributed by atoms with Gasteiger partial charge in [-0.25, -0.2) is 9.97 Å². The first-order chi connectivity index (χ1) is 10.2. The molecular formula is C14H21N5O2. The summed E-state index contributed by atoms with van der Waals surface area (Å²) >= 11 is 0. The van der Waals surface area contributed by atoms with Gasteiger partial charge in [0.25, 0.3) is 0 Å². The maximum atomic E-state index is 12.0. The minimum atomic E-state index is 0.00794. The number of hydrogen-bond acceptors (Lipinski definition) is 5. The van der Waals surface area contributed by atoms with Crippen molar-refractivity contribution in [1.29, 1.82) is 0 Å². The number of carbonyl (C=O) groups is 2. The third-order valence-corrected chi connectivity index (χ3v) is 3.58. The highest BCUT2D eigenvalue weighted by Crippen LogP contribution is 2.17. The standard InChI is InChI=1S/C14H21N5O2/c1-11(20)19-9-3-12(4-10-19)13(21)15-7-8-18-14-16-5-2-6-17-14/h2,5-6,12H,3-4,7-10H2,1H3,(H,15,21)(H,16,17,18). The zero-order valence-corrected chi connectivity index (χ0v) is 12.2. The van der Waals surface area contributed by atoms with E-state index in [2.05, 4.69) is 20.6 Å². The summed E-state index contributed by atoms with van der Waals surface area (Å²) in [7, 11) is 0. The molecule has 21 heavy (non-hydrogen) atoms. The lowest BCUT2D eigenvalue weighted by molar-refractivity contribution is -0.133. The van der Waals surface area contributed by atoms with Gasteiger partial charge in [0.2, 0.25) is 17.8 Å². The summed E-state index contributed by atoms with van der Waals surface area (Å²) in [5.74, 6) is 0.713. The van der Waals surface area contributed by atoms with Crippen LogP contribution in [0.15, 0.2) is 18.5 Å². The fourth-order valence-electron chi connectivity index (χ4n) is 2.35. The Morgan fingerprint density at radius 1 is 1.24 bits per heavy atom. The molecule has 2 N–H and O–H groups in total. The first-order valence-electron chi connectivity index (χ1n) is 7.21. The lowest BCUT2D eigenvalue weighted by Crippen LogP contribution is -2.43. The van der Waals surface area contributed by atoms with Crippen LogP contribution in [0.1, 0.15) is 19.8 Å². The van der Waals surface area contributed by atoms with Crippen molar-refractivity contribution in [1.82, 2.24) is 20.2 Å². The molecule has 2 rings (SSSR count). The number of nitrogens with one attached hydrogen (secondary N) is 2. The van der Waals surface area contributed by atoms with E-state index in [9.17, 15) is 9.59 Å². The predicted octanol–water partition coefficient (Wildman–Crippen LogP) is 0.263. The lowest BCUT2D eigenvalue weighted by Gasteiger charge is -2.30. The maximum absolute atomic E-state index is 12.0. The Labute approximate surface area is 124 Å². The van der Waals surface area contributed by atoms with E-state index in [-0.39, 0.29) is 17.7 Å². The third-order valence-electron chi connectivity index (χ3n) is 3.58. The topological polar surface area (TPSA) is 87.2 Å². The van der Waals surface area contributed by atoms with Gasteiger partial charge >= 0.3 is 0 Å². The molecular weight excluding hydrogens is 270 g/mol. The third kappa shape index (κ3) is 4.70. The molecule has 2 heterocycles. The monoisotopic (exact) mass is 291 g/mol. The zero-order valence-electron chi connectivity index (χ0n) is 12.2. The molecule has 1 aliphatic heterocycles. The van der Waals surface area contributed by atoms with Crippen LogP contribution in [0.2, 0.25) is 0 Å². The molecule has 1 aromatic rings. The number of carbonyl (C=O) groups excluding carboxylic acids is 2. The molecule has 1 saturated heterocycles. The Morgan fingerprint density at radius 3 is 2.52 bits per heavy atom. The largest absolute Gasteiger partial charge is 0.354 e. The Kier molecular flexibility index (Phi) is 5.48. The van der Waals surface area contributed by atoms with Gasteiger partial charge in [0.05, 0.1) is 0 Å². The van der Waals surface area contributed by atoms with Crippen molar-refractivity contribution in [2.24, 2.45) is 5.92 Å². The van der Waals surface area contributed by atoms with E-state index in [0.717, 1.165) is 12.8 Å². The second-order valence-electron chi connectivity index (χ2n) is 5.07. The van der Waals surface area contributed by atoms with E-state index in [1.807, 2.05) is 0 Å². The molecule has 0 atom stereocenters. The highest BCUT2D eigenvalue weighted by atomic mass is 16.2. The Morgan fingerprint density at radius 2 is 1.90 bits per heavy atom. The molecule has 0 aromatic carbocycles. The van der Waals surface area contributed by atoms with Gasteiger partial charge in [-0.1, -0.05) is 0 Å². The summed E-state index contributed by atoms with van der Waals surface area (Å²) in [5.41, 5.74) is 0. The van der Waals surface area contributed by atoms with Gasteiger partial charge in [0.1, 0.15) is 0 Å². The minimum absolute atomic E-state index is 0.00794. The Balaban J connectivity index is 1.63. The van der Waals surface area contributed by atoms with Crippen LogP contribution in [0.3, 0.4) is 0 Å². The van der Waals surface area contributed by atoms with Crippen molar-refractivity contribution in [3.05, 3.63) is 18.5 Å². The van der Waals surface area contributed by atoms with Crippen LogP contribution in [-0.2, 0) is 9.59 Å². The molecule has 0 unspecified atom stereocenters. The number of rotatable bonds is 5. The van der Waals surface area contributed by atoms with Gasteiger partial charge in [-0.15, -0.1) is 0 Å². The Hall–Kier alpha value is -2.18. The molecule has 0 spiro atoms. The van der Waals surface area contributed by atoms with Crippen LogP contribution in [0, 0.1) is 5.92 Å². The van der Waals surface area contributed by atoms with Crippen LogP contribution in [0.4, 0.5) is 5.95 Å². The second kappa shape index (κ2) is 7.56. The minimum Gasteiger partial charge on any atom is -0.354 e. The zero-order chi connectivity index (χ0) is 15.1. The number of piperidine rings is 1. The van der Waals surface area contributed by atoms with Crippen molar-refractivity contribution in [3.63, 3.8) is 0 Å². The SMILES string of the molecule is CC(=O)N1CCC(C(=O)NCCNc2ncccn2)CC1. The summed E-state index contributed by atoms with van der Waals surface area (Å²) < 4.78 is 0. The van der Waals surface area contributed by atoms with Crippen molar-refractivity contribution < 1.29 is 9.59 Å². The molecule has 1 aromatic heterocycles. The van der Waals surface area contributed by atoms with Crippen LogP contribution >= 0.6 is 0 Å². The molecule has 114 valence electrons. The second-order valence-corrected chi connectivity index (χ2v) is 5.07. The van der Waals surface area contributed by atoms with Crippen molar-refractivity contribution in [3.8, 4) is 0 Å². The number of aromatic nitrogens is 2. The van der Waals surface area contributed by atoms with E-state index in [1.165, 1.54) is 0 Å².